The summed E-state index contributed by atoms with van der Waals surface area (Å²) in [4.78, 5) is 9.26. The van der Waals surface area contributed by atoms with Crippen LogP contribution in [0.25, 0.3) is 0 Å². The Balaban J connectivity index is 0.000000429. The number of aromatic nitrogens is 2. The summed E-state index contributed by atoms with van der Waals surface area (Å²) in [5, 5.41) is 18.3. The summed E-state index contributed by atoms with van der Waals surface area (Å²) >= 11 is 3.41. The predicted molar refractivity (Wildman–Crippen MR) is 127 cm³/mol. The quantitative estimate of drug-likeness (QED) is 0.500. The van der Waals surface area contributed by atoms with Crippen LogP contribution in [0.5, 0.6) is 0 Å². The van der Waals surface area contributed by atoms with Crippen LogP contribution in [0, 0.1) is 6.92 Å². The molecule has 0 atom stereocenters. The molecule has 2 aliphatic rings. The van der Waals surface area contributed by atoms with Crippen LogP contribution in [0.3, 0.4) is 0 Å². The van der Waals surface area contributed by atoms with E-state index in [0.29, 0.717) is 29.8 Å². The van der Waals surface area contributed by atoms with Gasteiger partial charge in [0.2, 0.25) is 10.0 Å². The van der Waals surface area contributed by atoms with E-state index in [1.54, 1.807) is 16.4 Å². The van der Waals surface area contributed by atoms with Gasteiger partial charge >= 0.3 is 12.1 Å². The minimum Gasteiger partial charge on any atom is -0.475 e. The van der Waals surface area contributed by atoms with Gasteiger partial charge in [-0.15, -0.1) is 0 Å². The molecule has 0 spiro atoms. The number of aryl methyl sites for hydroxylation is 1. The van der Waals surface area contributed by atoms with E-state index in [1.165, 1.54) is 0 Å². The van der Waals surface area contributed by atoms with Crippen LogP contribution in [0.4, 0.5) is 13.2 Å². The Labute approximate surface area is 210 Å². The van der Waals surface area contributed by atoms with Crippen molar-refractivity contribution < 1.29 is 31.5 Å². The first kappa shape index (κ1) is 27.6. The Hall–Kier alpha value is -1.96. The van der Waals surface area contributed by atoms with Gasteiger partial charge < -0.3 is 10.4 Å². The molecule has 2 saturated heterocycles. The zero-order chi connectivity index (χ0) is 25.8. The number of carboxylic acid groups (broad SMARTS) is 1. The van der Waals surface area contributed by atoms with Crippen LogP contribution in [0.1, 0.15) is 54.5 Å². The lowest BCUT2D eigenvalue weighted by molar-refractivity contribution is -0.192. The van der Waals surface area contributed by atoms with Crippen LogP contribution in [0.2, 0.25) is 0 Å². The third kappa shape index (κ3) is 7.28. The van der Waals surface area contributed by atoms with E-state index in [-0.39, 0.29) is 0 Å². The van der Waals surface area contributed by atoms with Crippen molar-refractivity contribution in [1.29, 1.82) is 0 Å². The summed E-state index contributed by atoms with van der Waals surface area (Å²) in [5.74, 6) is -1.88. The lowest BCUT2D eigenvalue weighted by Crippen LogP contribution is -2.38. The van der Waals surface area contributed by atoms with Crippen LogP contribution in [-0.4, -0.2) is 66.4 Å². The topological polar surface area (TPSA) is 115 Å². The highest BCUT2D eigenvalue weighted by atomic mass is 79.9. The van der Waals surface area contributed by atoms with E-state index >= 15 is 0 Å². The van der Waals surface area contributed by atoms with Gasteiger partial charge in [-0.25, -0.2) is 13.2 Å². The number of nitrogens with zero attached hydrogens (tertiary/aromatic N) is 2. The summed E-state index contributed by atoms with van der Waals surface area (Å²) in [5.41, 5.74) is 3.26. The minimum atomic E-state index is -5.08. The maximum absolute atomic E-state index is 13.0. The minimum absolute atomic E-state index is 0.346. The number of aromatic amines is 1. The fourth-order valence-corrected chi connectivity index (χ4v) is 6.66. The van der Waals surface area contributed by atoms with Gasteiger partial charge in [-0.05, 0) is 75.5 Å². The number of aliphatic carboxylic acids is 1. The summed E-state index contributed by atoms with van der Waals surface area (Å²) in [7, 11) is -3.45. The molecule has 3 heterocycles. The molecule has 0 amide bonds. The summed E-state index contributed by atoms with van der Waals surface area (Å²) in [6, 6.07) is 7.56. The molecular formula is C22H28BrF3N4O4S. The highest BCUT2D eigenvalue weighted by molar-refractivity contribution is 9.10. The van der Waals surface area contributed by atoms with E-state index in [2.05, 4.69) is 37.5 Å². The van der Waals surface area contributed by atoms with Crippen molar-refractivity contribution in [2.45, 2.75) is 55.5 Å². The van der Waals surface area contributed by atoms with Gasteiger partial charge in [-0.1, -0.05) is 15.9 Å². The molecule has 2 aliphatic heterocycles. The van der Waals surface area contributed by atoms with Gasteiger partial charge in [0, 0.05) is 35.1 Å². The summed E-state index contributed by atoms with van der Waals surface area (Å²) in [6.07, 6.45) is -1.18. The van der Waals surface area contributed by atoms with E-state index in [4.69, 9.17) is 9.90 Å². The smallest absolute Gasteiger partial charge is 0.475 e. The lowest BCUT2D eigenvalue weighted by atomic mass is 9.91. The van der Waals surface area contributed by atoms with E-state index in [0.717, 1.165) is 60.2 Å². The molecule has 4 rings (SSSR count). The van der Waals surface area contributed by atoms with Gasteiger partial charge in [0.15, 0.2) is 0 Å². The van der Waals surface area contributed by atoms with Crippen molar-refractivity contribution in [1.82, 2.24) is 19.8 Å². The van der Waals surface area contributed by atoms with Gasteiger partial charge in [-0.3, -0.25) is 5.10 Å². The number of alkyl halides is 3. The van der Waals surface area contributed by atoms with Crippen molar-refractivity contribution in [3.05, 3.63) is 45.7 Å². The molecule has 0 unspecified atom stereocenters. The van der Waals surface area contributed by atoms with Gasteiger partial charge in [0.05, 0.1) is 10.6 Å². The molecule has 0 bridgehead atoms. The molecule has 8 nitrogen and oxygen atoms in total. The van der Waals surface area contributed by atoms with Crippen molar-refractivity contribution in [2.24, 2.45) is 0 Å². The van der Waals surface area contributed by atoms with E-state index in [9.17, 15) is 21.6 Å². The molecule has 1 aromatic carbocycles. The van der Waals surface area contributed by atoms with Crippen LogP contribution in [0.15, 0.2) is 33.6 Å². The number of hydrogen-bond donors (Lipinski definition) is 3. The highest BCUT2D eigenvalue weighted by Gasteiger charge is 2.38. The molecule has 0 radical (unpaired) electrons. The molecule has 2 aromatic rings. The first-order valence-corrected chi connectivity index (χ1v) is 13.4. The maximum Gasteiger partial charge on any atom is 0.490 e. The number of piperidine rings is 2. The third-order valence-electron chi connectivity index (χ3n) is 6.16. The lowest BCUT2D eigenvalue weighted by Gasteiger charge is -2.30. The predicted octanol–water partition coefficient (Wildman–Crippen LogP) is 4.15. The van der Waals surface area contributed by atoms with Crippen LogP contribution >= 0.6 is 15.9 Å². The van der Waals surface area contributed by atoms with Gasteiger partial charge in [-0.2, -0.15) is 22.6 Å². The van der Waals surface area contributed by atoms with Crippen LogP contribution < -0.4 is 5.32 Å². The van der Waals surface area contributed by atoms with Crippen molar-refractivity contribution >= 4 is 31.9 Å². The number of carboxylic acids is 1. The normalized spacial score (nSPS) is 18.7. The number of nitrogens with one attached hydrogen (secondary N) is 2. The maximum atomic E-state index is 13.0. The standard InChI is InChI=1S/C20H27BrN4O2S.C2HF3O2/c1-14-10-17(21)12-18(11-14)28(26,27)25-8-4-16(5-9-25)20-13-19(23-24-20)15-2-6-22-7-3-15;3-2(4,5)1(6)7/h10-13,15-16,22H,2-9H2,1H3,(H,23,24);(H,6,7). The Morgan fingerprint density at radius 3 is 2.23 bits per heavy atom. The average molecular weight is 581 g/mol. The number of benzene rings is 1. The van der Waals surface area contributed by atoms with E-state index < -0.39 is 22.2 Å². The molecule has 3 N–H and O–H groups in total. The first-order valence-electron chi connectivity index (χ1n) is 11.2. The molecule has 0 saturated carbocycles. The molecule has 0 aliphatic carbocycles. The van der Waals surface area contributed by atoms with E-state index in [1.807, 2.05) is 13.0 Å². The number of sulfonamides is 1. The number of carbonyl (C=O) groups is 1. The first-order chi connectivity index (χ1) is 16.4. The van der Waals surface area contributed by atoms with Gasteiger partial charge in [0.1, 0.15) is 0 Å². The largest absolute Gasteiger partial charge is 0.490 e. The molecular weight excluding hydrogens is 553 g/mol. The second kappa shape index (κ2) is 11.4. The summed E-state index contributed by atoms with van der Waals surface area (Å²) < 4.78 is 60.2. The van der Waals surface area contributed by atoms with Crippen molar-refractivity contribution in [3.8, 4) is 0 Å². The average Bonchev–Trinajstić information content (AvgIpc) is 3.29. The highest BCUT2D eigenvalue weighted by Crippen LogP contribution is 2.33. The van der Waals surface area contributed by atoms with Crippen LogP contribution in [-0.2, 0) is 14.8 Å². The SMILES string of the molecule is Cc1cc(Br)cc(S(=O)(=O)N2CCC(c3cc(C4CCNCC4)n[nH]3)CC2)c1.O=C(O)C(F)(F)F. The number of rotatable bonds is 4. The Bertz CT molecular complexity index is 1110. The monoisotopic (exact) mass is 580 g/mol. The molecule has 35 heavy (non-hydrogen) atoms. The number of halogens is 4. The Kier molecular flexibility index (Phi) is 9.00. The Morgan fingerprint density at radius 1 is 1.09 bits per heavy atom. The zero-order valence-corrected chi connectivity index (χ0v) is 21.5. The number of H-pyrrole nitrogens is 1. The molecule has 194 valence electrons. The van der Waals surface area contributed by atoms with Crippen molar-refractivity contribution in [2.75, 3.05) is 26.2 Å². The Morgan fingerprint density at radius 2 is 1.69 bits per heavy atom. The fraction of sp³-hybridized carbons (Fsp3) is 0.545. The second-order valence-electron chi connectivity index (χ2n) is 8.72. The summed E-state index contributed by atoms with van der Waals surface area (Å²) in [6.45, 7) is 5.10. The zero-order valence-electron chi connectivity index (χ0n) is 19.1. The second-order valence-corrected chi connectivity index (χ2v) is 11.6. The van der Waals surface area contributed by atoms with Gasteiger partial charge in [0.25, 0.3) is 0 Å². The molecule has 13 heteroatoms. The third-order valence-corrected chi connectivity index (χ3v) is 8.50. The molecule has 1 aromatic heterocycles. The molecule has 2 fully saturated rings. The van der Waals surface area contributed by atoms with Crippen molar-refractivity contribution in [3.63, 3.8) is 0 Å². The fourth-order valence-electron chi connectivity index (χ4n) is 4.30. The number of hydrogen-bond acceptors (Lipinski definition) is 5.